The van der Waals surface area contributed by atoms with Crippen molar-refractivity contribution in [1.82, 2.24) is 4.57 Å². The van der Waals surface area contributed by atoms with E-state index in [0.717, 1.165) is 76.9 Å². The highest BCUT2D eigenvalue weighted by atomic mass is 15.0. The van der Waals surface area contributed by atoms with Gasteiger partial charge in [0, 0.05) is 21.9 Å². The number of benzene rings is 8. The Balaban J connectivity index is 1.44. The molecule has 49 heavy (non-hydrogen) atoms. The first-order chi connectivity index (χ1) is 24.3. The average Bonchev–Trinajstić information content (AvgIpc) is 3.51. The summed E-state index contributed by atoms with van der Waals surface area (Å²) in [5, 5.41) is 27.6. The van der Waals surface area contributed by atoms with Crippen molar-refractivity contribution in [2.75, 3.05) is 0 Å². The molecule has 0 fully saturated rings. The third-order valence-corrected chi connectivity index (χ3v) is 9.67. The highest BCUT2D eigenvalue weighted by Crippen LogP contribution is 2.48. The van der Waals surface area contributed by atoms with Gasteiger partial charge >= 0.3 is 0 Å². The molecule has 0 saturated heterocycles. The molecule has 0 aliphatic carbocycles. The summed E-state index contributed by atoms with van der Waals surface area (Å²) in [6.07, 6.45) is 0. The van der Waals surface area contributed by atoms with Crippen LogP contribution in [0, 0.1) is 22.7 Å². The minimum Gasteiger partial charge on any atom is -0.309 e. The van der Waals surface area contributed by atoms with E-state index in [9.17, 15) is 10.5 Å². The van der Waals surface area contributed by atoms with Gasteiger partial charge in [-0.25, -0.2) is 0 Å². The zero-order valence-electron chi connectivity index (χ0n) is 26.4. The SMILES string of the molecule is N#Cc1ccc(-c2cccc(C#N)c2-c2c3ccccc3c(-c3ccccc3)c3ccccc23)c(-n2c3ccccc3c3ccccc32)c1. The van der Waals surface area contributed by atoms with Crippen molar-refractivity contribution in [2.24, 2.45) is 0 Å². The van der Waals surface area contributed by atoms with Gasteiger partial charge in [-0.05, 0) is 74.1 Å². The Hall–Kier alpha value is -6.94. The monoisotopic (exact) mass is 621 g/mol. The summed E-state index contributed by atoms with van der Waals surface area (Å²) in [5.41, 5.74) is 10.3. The van der Waals surface area contributed by atoms with Gasteiger partial charge in [-0.1, -0.05) is 133 Å². The fourth-order valence-corrected chi connectivity index (χ4v) is 7.65. The van der Waals surface area contributed by atoms with Gasteiger partial charge in [-0.3, -0.25) is 0 Å². The molecule has 3 heteroatoms. The summed E-state index contributed by atoms with van der Waals surface area (Å²) in [6, 6.07) is 61.2. The normalized spacial score (nSPS) is 11.2. The van der Waals surface area contributed by atoms with Crippen LogP contribution in [-0.4, -0.2) is 4.57 Å². The Labute approximate surface area is 283 Å². The van der Waals surface area contributed by atoms with Gasteiger partial charge in [-0.15, -0.1) is 0 Å². The standard InChI is InChI=1S/C46H27N3/c47-28-30-25-26-35(43(27-30)49-41-23-10-8-16-33(41)34-17-9-11-24-42(34)49)36-22-12-15-32(29-48)45(36)46-39-20-6-4-18-37(39)44(31-13-2-1-3-14-31)38-19-5-7-21-40(38)46/h1-27H. The molecule has 3 nitrogen and oxygen atoms in total. The van der Waals surface area contributed by atoms with Crippen LogP contribution in [0.25, 0.3) is 82.4 Å². The Morgan fingerprint density at radius 3 is 1.49 bits per heavy atom. The summed E-state index contributed by atoms with van der Waals surface area (Å²) < 4.78 is 2.26. The Morgan fingerprint density at radius 1 is 0.388 bits per heavy atom. The number of para-hydroxylation sites is 2. The van der Waals surface area contributed by atoms with Crippen LogP contribution in [0.5, 0.6) is 0 Å². The van der Waals surface area contributed by atoms with Gasteiger partial charge < -0.3 is 4.57 Å². The van der Waals surface area contributed by atoms with E-state index in [-0.39, 0.29) is 0 Å². The lowest BCUT2D eigenvalue weighted by Gasteiger charge is -2.22. The van der Waals surface area contributed by atoms with Crippen LogP contribution in [0.15, 0.2) is 164 Å². The second kappa shape index (κ2) is 11.4. The Morgan fingerprint density at radius 2 is 0.918 bits per heavy atom. The Kier molecular flexibility index (Phi) is 6.58. The van der Waals surface area contributed by atoms with Crippen LogP contribution in [0.3, 0.4) is 0 Å². The Bertz CT molecular complexity index is 2740. The van der Waals surface area contributed by atoms with Crippen LogP contribution in [0.4, 0.5) is 0 Å². The third-order valence-electron chi connectivity index (χ3n) is 9.67. The van der Waals surface area contributed by atoms with E-state index >= 15 is 0 Å². The molecule has 0 saturated carbocycles. The van der Waals surface area contributed by atoms with Crippen LogP contribution in [0.1, 0.15) is 11.1 Å². The quantitative estimate of drug-likeness (QED) is 0.184. The first-order valence-corrected chi connectivity index (χ1v) is 16.3. The topological polar surface area (TPSA) is 52.5 Å². The highest BCUT2D eigenvalue weighted by molar-refractivity contribution is 6.23. The minimum atomic E-state index is 0.571. The van der Waals surface area contributed by atoms with Crippen molar-refractivity contribution < 1.29 is 0 Å². The minimum absolute atomic E-state index is 0.571. The van der Waals surface area contributed by atoms with Gasteiger partial charge in [0.05, 0.1) is 40.0 Å². The molecule has 0 unspecified atom stereocenters. The fourth-order valence-electron chi connectivity index (χ4n) is 7.65. The molecule has 1 heterocycles. The highest BCUT2D eigenvalue weighted by Gasteiger charge is 2.24. The van der Waals surface area contributed by atoms with Crippen molar-refractivity contribution in [3.8, 4) is 51.2 Å². The molecular weight excluding hydrogens is 595 g/mol. The predicted molar refractivity (Wildman–Crippen MR) is 202 cm³/mol. The van der Waals surface area contributed by atoms with Crippen molar-refractivity contribution >= 4 is 43.4 Å². The number of rotatable bonds is 4. The molecule has 0 atom stereocenters. The first-order valence-electron chi connectivity index (χ1n) is 16.3. The van der Waals surface area contributed by atoms with E-state index < -0.39 is 0 Å². The van der Waals surface area contributed by atoms with E-state index in [4.69, 9.17) is 0 Å². The number of nitriles is 2. The maximum Gasteiger partial charge on any atom is 0.0998 e. The molecular formula is C46H27N3. The molecule has 0 aliphatic heterocycles. The van der Waals surface area contributed by atoms with Crippen LogP contribution < -0.4 is 0 Å². The van der Waals surface area contributed by atoms with Crippen molar-refractivity contribution in [3.63, 3.8) is 0 Å². The number of fused-ring (bicyclic) bond motifs is 5. The third kappa shape index (κ3) is 4.35. The lowest BCUT2D eigenvalue weighted by Crippen LogP contribution is -2.01. The zero-order valence-corrected chi connectivity index (χ0v) is 26.4. The van der Waals surface area contributed by atoms with E-state index in [2.05, 4.69) is 144 Å². The largest absolute Gasteiger partial charge is 0.309 e. The second-order valence-electron chi connectivity index (χ2n) is 12.3. The van der Waals surface area contributed by atoms with Crippen molar-refractivity contribution in [3.05, 3.63) is 175 Å². The van der Waals surface area contributed by atoms with Gasteiger partial charge in [0.25, 0.3) is 0 Å². The van der Waals surface area contributed by atoms with Crippen LogP contribution in [-0.2, 0) is 0 Å². The molecule has 226 valence electrons. The first kappa shape index (κ1) is 28.3. The molecule has 0 amide bonds. The molecule has 1 aromatic heterocycles. The van der Waals surface area contributed by atoms with E-state index in [1.165, 1.54) is 5.56 Å². The summed E-state index contributed by atoms with van der Waals surface area (Å²) >= 11 is 0. The van der Waals surface area contributed by atoms with E-state index in [0.29, 0.717) is 11.1 Å². The van der Waals surface area contributed by atoms with Gasteiger partial charge in [0.1, 0.15) is 0 Å². The smallest absolute Gasteiger partial charge is 0.0998 e. The second-order valence-corrected chi connectivity index (χ2v) is 12.3. The lowest BCUT2D eigenvalue weighted by atomic mass is 9.82. The fraction of sp³-hybridized carbons (Fsp3) is 0. The number of hydrogen-bond donors (Lipinski definition) is 0. The molecule has 0 N–H and O–H groups in total. The van der Waals surface area contributed by atoms with Gasteiger partial charge in [0.15, 0.2) is 0 Å². The van der Waals surface area contributed by atoms with E-state index in [1.54, 1.807) is 0 Å². The molecule has 8 aromatic carbocycles. The maximum atomic E-state index is 10.7. The summed E-state index contributed by atoms with van der Waals surface area (Å²) in [6.45, 7) is 0. The zero-order chi connectivity index (χ0) is 32.9. The maximum absolute atomic E-state index is 10.7. The van der Waals surface area contributed by atoms with E-state index in [1.807, 2.05) is 36.4 Å². The summed E-state index contributed by atoms with van der Waals surface area (Å²) in [7, 11) is 0. The number of aromatic nitrogens is 1. The molecule has 0 aliphatic rings. The molecule has 0 radical (unpaired) electrons. The predicted octanol–water partition coefficient (Wildman–Crippen LogP) is 11.8. The molecule has 0 spiro atoms. The number of hydrogen-bond acceptors (Lipinski definition) is 2. The van der Waals surface area contributed by atoms with Crippen molar-refractivity contribution in [1.29, 1.82) is 10.5 Å². The van der Waals surface area contributed by atoms with Gasteiger partial charge in [0.2, 0.25) is 0 Å². The van der Waals surface area contributed by atoms with Gasteiger partial charge in [-0.2, -0.15) is 10.5 Å². The van der Waals surface area contributed by atoms with Crippen LogP contribution in [0.2, 0.25) is 0 Å². The summed E-state index contributed by atoms with van der Waals surface area (Å²) in [5.74, 6) is 0. The number of nitrogens with zero attached hydrogens (tertiary/aromatic N) is 3. The average molecular weight is 622 g/mol. The summed E-state index contributed by atoms with van der Waals surface area (Å²) in [4.78, 5) is 0. The molecule has 0 bridgehead atoms. The lowest BCUT2D eigenvalue weighted by molar-refractivity contribution is 1.18. The van der Waals surface area contributed by atoms with Crippen LogP contribution >= 0.6 is 0 Å². The molecule has 9 aromatic rings. The van der Waals surface area contributed by atoms with Crippen molar-refractivity contribution in [2.45, 2.75) is 0 Å². The molecule has 9 rings (SSSR count).